The summed E-state index contributed by atoms with van der Waals surface area (Å²) >= 11 is 3.33. The molecule has 2 nitrogen and oxygen atoms in total. The van der Waals surface area contributed by atoms with Crippen LogP contribution in [-0.4, -0.2) is 31.5 Å². The molecule has 0 spiro atoms. The molecule has 0 saturated heterocycles. The van der Waals surface area contributed by atoms with Gasteiger partial charge in [0.15, 0.2) is 0 Å². The molecule has 1 atom stereocenters. The summed E-state index contributed by atoms with van der Waals surface area (Å²) in [5.41, 5.74) is 0. The quantitative estimate of drug-likeness (QED) is 0.603. The van der Waals surface area contributed by atoms with Gasteiger partial charge in [0.2, 0.25) is 0 Å². The van der Waals surface area contributed by atoms with E-state index in [4.69, 9.17) is 4.43 Å². The Bertz CT molecular complexity index is 556. The highest BCUT2D eigenvalue weighted by molar-refractivity contribution is 9.09. The van der Waals surface area contributed by atoms with Gasteiger partial charge in [-0.15, -0.1) is 0 Å². The second-order valence-corrected chi connectivity index (χ2v) is 11.7. The van der Waals surface area contributed by atoms with Crippen LogP contribution in [0.2, 0.25) is 5.04 Å². The van der Waals surface area contributed by atoms with Crippen LogP contribution in [0.15, 0.2) is 60.7 Å². The predicted molar refractivity (Wildman–Crippen MR) is 103 cm³/mol. The average Bonchev–Trinajstić information content (AvgIpc) is 2.56. The molecule has 23 heavy (non-hydrogen) atoms. The summed E-state index contributed by atoms with van der Waals surface area (Å²) in [4.78, 5) is 0. The van der Waals surface area contributed by atoms with Gasteiger partial charge in [0.1, 0.15) is 0 Å². The largest absolute Gasteiger partial charge is 0.405 e. The lowest BCUT2D eigenvalue weighted by atomic mass is 10.2. The molecular weight excluding hydrogens is 368 g/mol. The number of hydrogen-bond acceptors (Lipinski definition) is 2. The lowest BCUT2D eigenvalue weighted by molar-refractivity contribution is 0.121. The van der Waals surface area contributed by atoms with E-state index in [1.165, 1.54) is 10.4 Å². The molecule has 0 amide bonds. The Morgan fingerprint density at radius 3 is 1.74 bits per heavy atom. The highest BCUT2D eigenvalue weighted by Gasteiger charge is 2.50. The first-order valence-corrected chi connectivity index (χ1v) is 10.9. The van der Waals surface area contributed by atoms with E-state index in [0.29, 0.717) is 11.9 Å². The molecule has 1 N–H and O–H groups in total. The molecule has 0 aliphatic carbocycles. The summed E-state index contributed by atoms with van der Waals surface area (Å²) in [7, 11) is -2.51. The van der Waals surface area contributed by atoms with Gasteiger partial charge in [-0.05, 0) is 15.4 Å². The standard InChI is InChI=1S/C19H25BrO2Si/c1-19(2,3)23(22-15-16(21)14-20,17-10-6-4-7-11-17)18-12-8-5-9-13-18/h4-13,16,21H,14-15H2,1-3H3. The first-order chi connectivity index (χ1) is 10.9. The van der Waals surface area contributed by atoms with Crippen LogP contribution in [-0.2, 0) is 4.43 Å². The molecule has 0 fully saturated rings. The Morgan fingerprint density at radius 1 is 0.957 bits per heavy atom. The van der Waals surface area contributed by atoms with Gasteiger partial charge in [0.25, 0.3) is 8.32 Å². The third kappa shape index (κ3) is 3.94. The number of benzene rings is 2. The molecular formula is C19H25BrO2Si. The second kappa shape index (κ2) is 7.75. The molecule has 0 aromatic heterocycles. The van der Waals surface area contributed by atoms with Gasteiger partial charge in [-0.2, -0.15) is 0 Å². The molecule has 2 aromatic carbocycles. The van der Waals surface area contributed by atoms with Crippen molar-refractivity contribution in [2.24, 2.45) is 0 Å². The summed E-state index contributed by atoms with van der Waals surface area (Å²) < 4.78 is 6.58. The summed E-state index contributed by atoms with van der Waals surface area (Å²) in [6.45, 7) is 7.04. The van der Waals surface area contributed by atoms with Gasteiger partial charge >= 0.3 is 0 Å². The maximum atomic E-state index is 10.0. The predicted octanol–water partition coefficient (Wildman–Crippen LogP) is 3.32. The number of rotatable bonds is 6. The lowest BCUT2D eigenvalue weighted by Gasteiger charge is -2.43. The maximum Gasteiger partial charge on any atom is 0.261 e. The molecule has 0 saturated carbocycles. The third-order valence-electron chi connectivity index (χ3n) is 4.09. The van der Waals surface area contributed by atoms with Crippen molar-refractivity contribution in [2.45, 2.75) is 31.9 Å². The van der Waals surface area contributed by atoms with Crippen molar-refractivity contribution < 1.29 is 9.53 Å². The highest BCUT2D eigenvalue weighted by Crippen LogP contribution is 2.36. The topological polar surface area (TPSA) is 29.5 Å². The molecule has 2 aromatic rings. The second-order valence-electron chi connectivity index (χ2n) is 6.78. The summed E-state index contributed by atoms with van der Waals surface area (Å²) in [5, 5.41) is 13.0. The van der Waals surface area contributed by atoms with E-state index in [-0.39, 0.29) is 5.04 Å². The van der Waals surface area contributed by atoms with Crippen LogP contribution in [0.1, 0.15) is 20.8 Å². The van der Waals surface area contributed by atoms with Gasteiger partial charge in [0, 0.05) is 5.33 Å². The summed E-state index contributed by atoms with van der Waals surface area (Å²) in [6, 6.07) is 21.0. The number of hydrogen-bond donors (Lipinski definition) is 1. The SMILES string of the molecule is CC(C)(C)[Si](OCC(O)CBr)(c1ccccc1)c1ccccc1. The fraction of sp³-hybridized carbons (Fsp3) is 0.368. The Labute approximate surface area is 148 Å². The van der Waals surface area contributed by atoms with Crippen LogP contribution < -0.4 is 10.4 Å². The zero-order valence-corrected chi connectivity index (χ0v) is 16.6. The van der Waals surface area contributed by atoms with Crippen molar-refractivity contribution in [1.82, 2.24) is 0 Å². The van der Waals surface area contributed by atoms with Gasteiger partial charge in [0.05, 0.1) is 12.7 Å². The van der Waals surface area contributed by atoms with Crippen molar-refractivity contribution in [2.75, 3.05) is 11.9 Å². The summed E-state index contributed by atoms with van der Waals surface area (Å²) in [5.74, 6) is 0. The van der Waals surface area contributed by atoms with Crippen LogP contribution in [0.3, 0.4) is 0 Å². The summed E-state index contributed by atoms with van der Waals surface area (Å²) in [6.07, 6.45) is -0.503. The van der Waals surface area contributed by atoms with E-state index in [9.17, 15) is 5.11 Å². The Balaban J connectivity index is 2.60. The first-order valence-electron chi connectivity index (χ1n) is 7.91. The molecule has 4 heteroatoms. The van der Waals surface area contributed by atoms with Gasteiger partial charge in [-0.3, -0.25) is 0 Å². The number of alkyl halides is 1. The lowest BCUT2D eigenvalue weighted by Crippen LogP contribution is -2.67. The Morgan fingerprint density at radius 2 is 1.39 bits per heavy atom. The fourth-order valence-corrected chi connectivity index (χ4v) is 7.81. The fourth-order valence-electron chi connectivity index (χ4n) is 3.03. The van der Waals surface area contributed by atoms with Crippen molar-refractivity contribution >= 4 is 34.6 Å². The third-order valence-corrected chi connectivity index (χ3v) is 9.84. The minimum Gasteiger partial charge on any atom is -0.405 e. The minimum atomic E-state index is -2.51. The Kier molecular flexibility index (Phi) is 6.20. The average molecular weight is 393 g/mol. The normalized spacial score (nSPS) is 13.8. The zero-order valence-electron chi connectivity index (χ0n) is 14.0. The molecule has 0 radical (unpaired) electrons. The van der Waals surface area contributed by atoms with E-state index >= 15 is 0 Å². The molecule has 0 heterocycles. The molecule has 124 valence electrons. The molecule has 0 aliphatic heterocycles. The van der Waals surface area contributed by atoms with Gasteiger partial charge in [-0.1, -0.05) is 97.4 Å². The number of aliphatic hydroxyl groups is 1. The van der Waals surface area contributed by atoms with Crippen molar-refractivity contribution in [3.05, 3.63) is 60.7 Å². The number of aliphatic hydroxyl groups excluding tert-OH is 1. The van der Waals surface area contributed by atoms with Crippen LogP contribution in [0.4, 0.5) is 0 Å². The van der Waals surface area contributed by atoms with E-state index in [1.54, 1.807) is 0 Å². The van der Waals surface area contributed by atoms with Crippen LogP contribution >= 0.6 is 15.9 Å². The smallest absolute Gasteiger partial charge is 0.261 e. The monoisotopic (exact) mass is 392 g/mol. The number of halogens is 1. The van der Waals surface area contributed by atoms with Crippen LogP contribution in [0, 0.1) is 0 Å². The van der Waals surface area contributed by atoms with Crippen molar-refractivity contribution in [3.63, 3.8) is 0 Å². The van der Waals surface area contributed by atoms with Crippen molar-refractivity contribution in [3.8, 4) is 0 Å². The van der Waals surface area contributed by atoms with E-state index < -0.39 is 14.4 Å². The van der Waals surface area contributed by atoms with Gasteiger partial charge in [-0.25, -0.2) is 0 Å². The molecule has 1 unspecified atom stereocenters. The molecule has 0 aliphatic rings. The van der Waals surface area contributed by atoms with Gasteiger partial charge < -0.3 is 9.53 Å². The van der Waals surface area contributed by atoms with E-state index in [1.807, 2.05) is 12.1 Å². The highest BCUT2D eigenvalue weighted by atomic mass is 79.9. The van der Waals surface area contributed by atoms with Crippen LogP contribution in [0.5, 0.6) is 0 Å². The maximum absolute atomic E-state index is 10.0. The Hall–Kier alpha value is -0.943. The van der Waals surface area contributed by atoms with Crippen LogP contribution in [0.25, 0.3) is 0 Å². The zero-order chi connectivity index (χ0) is 16.9. The molecule has 0 bridgehead atoms. The van der Waals surface area contributed by atoms with Crippen molar-refractivity contribution in [1.29, 1.82) is 0 Å². The van der Waals surface area contributed by atoms with E-state index in [0.717, 1.165) is 0 Å². The first kappa shape index (κ1) is 18.4. The molecule has 2 rings (SSSR count). The minimum absolute atomic E-state index is 0.0538. The van der Waals surface area contributed by atoms with E-state index in [2.05, 4.69) is 85.2 Å².